The van der Waals surface area contributed by atoms with Crippen LogP contribution in [0.1, 0.15) is 31.1 Å². The third-order valence-electron chi connectivity index (χ3n) is 2.29. The Morgan fingerprint density at radius 2 is 1.84 bits per heavy atom. The first-order valence-corrected chi connectivity index (χ1v) is 6.31. The predicted octanol–water partition coefficient (Wildman–Crippen LogP) is 1.80. The van der Waals surface area contributed by atoms with E-state index < -0.39 is 0 Å². The molecular formula is C14H20N2O3. The summed E-state index contributed by atoms with van der Waals surface area (Å²) in [4.78, 5) is 23.1. The molecule has 1 aromatic rings. The normalized spacial score (nSPS) is 10.3. The van der Waals surface area contributed by atoms with Gasteiger partial charge in [0.25, 0.3) is 5.91 Å². The molecule has 19 heavy (non-hydrogen) atoms. The minimum atomic E-state index is -0.207. The molecule has 2 amide bonds. The maximum atomic E-state index is 11.7. The lowest BCUT2D eigenvalue weighted by Gasteiger charge is -2.09. The molecule has 0 spiro atoms. The molecule has 0 aliphatic heterocycles. The number of anilines is 1. The second kappa shape index (κ2) is 7.53. The van der Waals surface area contributed by atoms with Crippen molar-refractivity contribution >= 4 is 17.5 Å². The number of carbonyl (C=O) groups is 2. The van der Waals surface area contributed by atoms with E-state index in [4.69, 9.17) is 4.74 Å². The Balaban J connectivity index is 2.56. The third-order valence-corrected chi connectivity index (χ3v) is 2.29. The Morgan fingerprint density at radius 1 is 1.21 bits per heavy atom. The van der Waals surface area contributed by atoms with Crippen LogP contribution in [0, 0.1) is 0 Å². The van der Waals surface area contributed by atoms with E-state index in [1.807, 2.05) is 20.8 Å². The highest BCUT2D eigenvalue weighted by atomic mass is 16.5. The number of hydrogen-bond acceptors (Lipinski definition) is 3. The molecule has 0 aromatic heterocycles. The standard InChI is InChI=1S/C14H20N2O3/c1-4-19-9-13(17)16-12-7-5-11(6-8-12)14(18)15-10(2)3/h5-8,10H,4,9H2,1-3H3,(H,15,18)(H,16,17). The zero-order valence-electron chi connectivity index (χ0n) is 11.5. The molecule has 0 saturated carbocycles. The number of amides is 2. The number of hydrogen-bond donors (Lipinski definition) is 2. The van der Waals surface area contributed by atoms with Crippen molar-refractivity contribution in [1.29, 1.82) is 0 Å². The molecule has 0 fully saturated rings. The summed E-state index contributed by atoms with van der Waals surface area (Å²) >= 11 is 0. The number of ether oxygens (including phenoxy) is 1. The van der Waals surface area contributed by atoms with Gasteiger partial charge in [0.15, 0.2) is 0 Å². The number of rotatable bonds is 6. The van der Waals surface area contributed by atoms with E-state index in [-0.39, 0.29) is 24.5 Å². The van der Waals surface area contributed by atoms with Crippen molar-refractivity contribution < 1.29 is 14.3 Å². The summed E-state index contributed by atoms with van der Waals surface area (Å²) in [6, 6.07) is 6.83. The SMILES string of the molecule is CCOCC(=O)Nc1ccc(C(=O)NC(C)C)cc1. The van der Waals surface area contributed by atoms with Crippen LogP contribution in [0.15, 0.2) is 24.3 Å². The molecule has 1 aromatic carbocycles. The average molecular weight is 264 g/mol. The molecule has 0 atom stereocenters. The summed E-state index contributed by atoms with van der Waals surface area (Å²) in [5.41, 5.74) is 1.21. The maximum absolute atomic E-state index is 11.7. The van der Waals surface area contributed by atoms with Gasteiger partial charge in [-0.3, -0.25) is 9.59 Å². The molecule has 0 aliphatic rings. The van der Waals surface area contributed by atoms with E-state index in [0.29, 0.717) is 17.9 Å². The smallest absolute Gasteiger partial charge is 0.251 e. The second-order valence-electron chi connectivity index (χ2n) is 4.39. The van der Waals surface area contributed by atoms with Gasteiger partial charge in [0.1, 0.15) is 6.61 Å². The minimum Gasteiger partial charge on any atom is -0.372 e. The van der Waals surface area contributed by atoms with Crippen molar-refractivity contribution in [3.8, 4) is 0 Å². The lowest BCUT2D eigenvalue weighted by molar-refractivity contribution is -0.120. The topological polar surface area (TPSA) is 67.4 Å². The van der Waals surface area contributed by atoms with Gasteiger partial charge in [-0.05, 0) is 45.0 Å². The lowest BCUT2D eigenvalue weighted by Crippen LogP contribution is -2.30. The van der Waals surface area contributed by atoms with Crippen molar-refractivity contribution in [3.63, 3.8) is 0 Å². The van der Waals surface area contributed by atoms with Crippen molar-refractivity contribution in [2.24, 2.45) is 0 Å². The second-order valence-corrected chi connectivity index (χ2v) is 4.39. The largest absolute Gasteiger partial charge is 0.372 e. The van der Waals surface area contributed by atoms with Gasteiger partial charge in [0.05, 0.1) is 0 Å². The van der Waals surface area contributed by atoms with Crippen LogP contribution in [0.5, 0.6) is 0 Å². The molecule has 0 unspecified atom stereocenters. The summed E-state index contributed by atoms with van der Waals surface area (Å²) < 4.78 is 5.00. The Kier molecular flexibility index (Phi) is 6.02. The van der Waals surface area contributed by atoms with E-state index in [1.165, 1.54) is 0 Å². The fourth-order valence-electron chi connectivity index (χ4n) is 1.44. The highest BCUT2D eigenvalue weighted by molar-refractivity contribution is 5.96. The zero-order chi connectivity index (χ0) is 14.3. The maximum Gasteiger partial charge on any atom is 0.251 e. The first kappa shape index (κ1) is 15.2. The van der Waals surface area contributed by atoms with Crippen molar-refractivity contribution in [2.45, 2.75) is 26.8 Å². The van der Waals surface area contributed by atoms with Crippen molar-refractivity contribution in [1.82, 2.24) is 5.32 Å². The fourth-order valence-corrected chi connectivity index (χ4v) is 1.44. The Morgan fingerprint density at radius 3 is 2.37 bits per heavy atom. The Hall–Kier alpha value is -1.88. The molecule has 1 rings (SSSR count). The van der Waals surface area contributed by atoms with Gasteiger partial charge in [0, 0.05) is 23.9 Å². The summed E-state index contributed by atoms with van der Waals surface area (Å²) in [7, 11) is 0. The van der Waals surface area contributed by atoms with Crippen LogP contribution in [0.3, 0.4) is 0 Å². The molecule has 0 saturated heterocycles. The van der Waals surface area contributed by atoms with Crippen molar-refractivity contribution in [2.75, 3.05) is 18.5 Å². The molecule has 0 radical (unpaired) electrons. The molecular weight excluding hydrogens is 244 g/mol. The number of nitrogens with one attached hydrogen (secondary N) is 2. The van der Waals surface area contributed by atoms with Gasteiger partial charge < -0.3 is 15.4 Å². The zero-order valence-corrected chi connectivity index (χ0v) is 11.5. The summed E-state index contributed by atoms with van der Waals surface area (Å²) in [6.07, 6.45) is 0. The third kappa shape index (κ3) is 5.52. The molecule has 2 N–H and O–H groups in total. The summed E-state index contributed by atoms with van der Waals surface area (Å²) in [5.74, 6) is -0.330. The first-order valence-electron chi connectivity index (χ1n) is 6.31. The van der Waals surface area contributed by atoms with Crippen LogP contribution < -0.4 is 10.6 Å². The number of carbonyl (C=O) groups excluding carboxylic acids is 2. The highest BCUT2D eigenvalue weighted by Gasteiger charge is 2.07. The van der Waals surface area contributed by atoms with Gasteiger partial charge in [-0.1, -0.05) is 0 Å². The van der Waals surface area contributed by atoms with E-state index in [2.05, 4.69) is 10.6 Å². The van der Waals surface area contributed by atoms with Gasteiger partial charge in [-0.15, -0.1) is 0 Å². The van der Waals surface area contributed by atoms with Crippen LogP contribution in [0.25, 0.3) is 0 Å². The van der Waals surface area contributed by atoms with E-state index >= 15 is 0 Å². The molecule has 0 aliphatic carbocycles. The van der Waals surface area contributed by atoms with Gasteiger partial charge >= 0.3 is 0 Å². The quantitative estimate of drug-likeness (QED) is 0.823. The van der Waals surface area contributed by atoms with Crippen LogP contribution in [-0.2, 0) is 9.53 Å². The molecule has 0 heterocycles. The van der Waals surface area contributed by atoms with Gasteiger partial charge in [-0.25, -0.2) is 0 Å². The molecule has 0 bridgehead atoms. The van der Waals surface area contributed by atoms with E-state index in [0.717, 1.165) is 0 Å². The van der Waals surface area contributed by atoms with Crippen molar-refractivity contribution in [3.05, 3.63) is 29.8 Å². The van der Waals surface area contributed by atoms with E-state index in [9.17, 15) is 9.59 Å². The van der Waals surface area contributed by atoms with Crippen LogP contribution in [0.4, 0.5) is 5.69 Å². The Labute approximate surface area is 113 Å². The lowest BCUT2D eigenvalue weighted by atomic mass is 10.2. The molecule has 5 heteroatoms. The average Bonchev–Trinajstić information content (AvgIpc) is 2.36. The first-order chi connectivity index (χ1) is 9.02. The number of benzene rings is 1. The fraction of sp³-hybridized carbons (Fsp3) is 0.429. The molecule has 104 valence electrons. The summed E-state index contributed by atoms with van der Waals surface area (Å²) in [5, 5.41) is 5.49. The minimum absolute atomic E-state index is 0.0338. The molecule has 5 nitrogen and oxygen atoms in total. The summed E-state index contributed by atoms with van der Waals surface area (Å²) in [6.45, 7) is 6.17. The van der Waals surface area contributed by atoms with Gasteiger partial charge in [-0.2, -0.15) is 0 Å². The van der Waals surface area contributed by atoms with Crippen LogP contribution >= 0.6 is 0 Å². The van der Waals surface area contributed by atoms with E-state index in [1.54, 1.807) is 24.3 Å². The van der Waals surface area contributed by atoms with Gasteiger partial charge in [0.2, 0.25) is 5.91 Å². The van der Waals surface area contributed by atoms with Crippen LogP contribution in [-0.4, -0.2) is 31.1 Å². The predicted molar refractivity (Wildman–Crippen MR) is 74.2 cm³/mol. The monoisotopic (exact) mass is 264 g/mol. The van der Waals surface area contributed by atoms with Crippen LogP contribution in [0.2, 0.25) is 0 Å². The Bertz CT molecular complexity index is 427. The highest BCUT2D eigenvalue weighted by Crippen LogP contribution is 2.09.